The number of rotatable bonds is 3. The molecule has 0 amide bonds. The number of hydrogen-bond acceptors (Lipinski definition) is 2. The molecule has 3 N–H and O–H groups in total. The van der Waals surface area contributed by atoms with Gasteiger partial charge in [-0.15, -0.1) is 0 Å². The lowest BCUT2D eigenvalue weighted by molar-refractivity contribution is 0.417. The maximum Gasteiger partial charge on any atom is 0.0539 e. The van der Waals surface area contributed by atoms with Gasteiger partial charge in [0, 0.05) is 17.3 Å². The molecule has 3 heteroatoms. The van der Waals surface area contributed by atoms with Crippen LogP contribution >= 0.6 is 11.6 Å². The van der Waals surface area contributed by atoms with E-state index < -0.39 is 0 Å². The molecule has 0 saturated carbocycles. The van der Waals surface area contributed by atoms with Crippen molar-refractivity contribution in [1.82, 2.24) is 0 Å². The molecule has 104 valence electrons. The lowest BCUT2D eigenvalue weighted by Crippen LogP contribution is -2.49. The molecular formula is C17H19ClN2. The summed E-state index contributed by atoms with van der Waals surface area (Å²) in [4.78, 5) is 0. The van der Waals surface area contributed by atoms with E-state index in [9.17, 15) is 0 Å². The van der Waals surface area contributed by atoms with E-state index in [4.69, 9.17) is 17.3 Å². The van der Waals surface area contributed by atoms with Crippen LogP contribution < -0.4 is 11.1 Å². The number of nitrogens with two attached hydrogens (primary N) is 1. The Morgan fingerprint density at radius 3 is 2.65 bits per heavy atom. The summed E-state index contributed by atoms with van der Waals surface area (Å²) in [6, 6.07) is 16.5. The van der Waals surface area contributed by atoms with Gasteiger partial charge in [-0.2, -0.15) is 0 Å². The SMILES string of the molecule is NCC1(Nc2cccc(Cl)c2)CCc2ccccc2C1. The molecule has 0 heterocycles. The highest BCUT2D eigenvalue weighted by molar-refractivity contribution is 6.30. The van der Waals surface area contributed by atoms with Crippen molar-refractivity contribution in [3.63, 3.8) is 0 Å². The van der Waals surface area contributed by atoms with E-state index in [-0.39, 0.29) is 5.54 Å². The van der Waals surface area contributed by atoms with Gasteiger partial charge < -0.3 is 11.1 Å². The summed E-state index contributed by atoms with van der Waals surface area (Å²) in [5, 5.41) is 4.36. The number of benzene rings is 2. The van der Waals surface area contributed by atoms with E-state index in [1.165, 1.54) is 11.1 Å². The minimum absolute atomic E-state index is 0.0704. The maximum atomic E-state index is 6.09. The third-order valence-electron chi connectivity index (χ3n) is 4.14. The largest absolute Gasteiger partial charge is 0.378 e. The topological polar surface area (TPSA) is 38.0 Å². The van der Waals surface area contributed by atoms with Gasteiger partial charge in [-0.25, -0.2) is 0 Å². The van der Waals surface area contributed by atoms with Crippen molar-refractivity contribution in [2.24, 2.45) is 5.73 Å². The summed E-state index contributed by atoms with van der Waals surface area (Å²) in [6.45, 7) is 0.619. The van der Waals surface area contributed by atoms with Crippen molar-refractivity contribution in [2.45, 2.75) is 24.8 Å². The molecule has 20 heavy (non-hydrogen) atoms. The number of fused-ring (bicyclic) bond motifs is 1. The Kier molecular flexibility index (Phi) is 3.68. The van der Waals surface area contributed by atoms with E-state index in [0.29, 0.717) is 6.54 Å². The molecule has 0 aromatic heterocycles. The van der Waals surface area contributed by atoms with Crippen molar-refractivity contribution in [1.29, 1.82) is 0 Å². The van der Waals surface area contributed by atoms with Gasteiger partial charge in [-0.05, 0) is 48.6 Å². The van der Waals surface area contributed by atoms with E-state index >= 15 is 0 Å². The van der Waals surface area contributed by atoms with Crippen LogP contribution in [0, 0.1) is 0 Å². The Morgan fingerprint density at radius 2 is 1.90 bits per heavy atom. The van der Waals surface area contributed by atoms with Crippen LogP contribution in [0.2, 0.25) is 5.02 Å². The first-order chi connectivity index (χ1) is 9.71. The summed E-state index contributed by atoms with van der Waals surface area (Å²) >= 11 is 6.06. The van der Waals surface area contributed by atoms with Gasteiger partial charge in [0.25, 0.3) is 0 Å². The fourth-order valence-electron chi connectivity index (χ4n) is 3.01. The van der Waals surface area contributed by atoms with Crippen LogP contribution in [-0.4, -0.2) is 12.1 Å². The van der Waals surface area contributed by atoms with Crippen molar-refractivity contribution in [2.75, 3.05) is 11.9 Å². The molecule has 1 atom stereocenters. The second-order valence-corrected chi connectivity index (χ2v) is 6.00. The molecule has 1 unspecified atom stereocenters. The van der Waals surface area contributed by atoms with Crippen molar-refractivity contribution in [3.05, 3.63) is 64.7 Å². The summed E-state index contributed by atoms with van der Waals surface area (Å²) in [6.07, 6.45) is 3.08. The Hall–Kier alpha value is -1.51. The quantitative estimate of drug-likeness (QED) is 0.904. The molecule has 2 aromatic rings. The third-order valence-corrected chi connectivity index (χ3v) is 4.38. The van der Waals surface area contributed by atoms with Crippen molar-refractivity contribution >= 4 is 17.3 Å². The first-order valence-electron chi connectivity index (χ1n) is 7.01. The van der Waals surface area contributed by atoms with Crippen LogP contribution in [0.25, 0.3) is 0 Å². The molecule has 0 aliphatic heterocycles. The average Bonchev–Trinajstić information content (AvgIpc) is 2.47. The standard InChI is InChI=1S/C17H19ClN2/c18-15-6-3-7-16(10-15)20-17(12-19)9-8-13-4-1-2-5-14(13)11-17/h1-7,10,20H,8-9,11-12,19H2. The normalized spacial score (nSPS) is 21.3. The van der Waals surface area contributed by atoms with Crippen LogP contribution in [0.4, 0.5) is 5.69 Å². The molecule has 2 nitrogen and oxygen atoms in total. The van der Waals surface area contributed by atoms with Gasteiger partial charge in [0.15, 0.2) is 0 Å². The van der Waals surface area contributed by atoms with Crippen LogP contribution in [0.15, 0.2) is 48.5 Å². The minimum atomic E-state index is -0.0704. The molecule has 0 saturated heterocycles. The predicted octanol–water partition coefficient (Wildman–Crippen LogP) is 3.64. The van der Waals surface area contributed by atoms with Crippen LogP contribution in [0.1, 0.15) is 17.5 Å². The van der Waals surface area contributed by atoms with Crippen molar-refractivity contribution in [3.8, 4) is 0 Å². The maximum absolute atomic E-state index is 6.09. The zero-order chi connectivity index (χ0) is 14.0. The van der Waals surface area contributed by atoms with E-state index in [2.05, 4.69) is 29.6 Å². The first kappa shape index (κ1) is 13.5. The third kappa shape index (κ3) is 2.67. The first-order valence-corrected chi connectivity index (χ1v) is 7.39. The number of halogens is 1. The lowest BCUT2D eigenvalue weighted by Gasteiger charge is -2.39. The Labute approximate surface area is 125 Å². The molecular weight excluding hydrogens is 268 g/mol. The fourth-order valence-corrected chi connectivity index (χ4v) is 3.20. The monoisotopic (exact) mass is 286 g/mol. The highest BCUT2D eigenvalue weighted by Gasteiger charge is 2.32. The van der Waals surface area contributed by atoms with Gasteiger partial charge in [0.2, 0.25) is 0 Å². The Bertz CT molecular complexity index is 611. The minimum Gasteiger partial charge on any atom is -0.378 e. The molecule has 3 rings (SSSR count). The summed E-state index contributed by atoms with van der Waals surface area (Å²) in [5.41, 5.74) is 9.91. The molecule has 0 radical (unpaired) electrons. The highest BCUT2D eigenvalue weighted by Crippen LogP contribution is 2.31. The number of anilines is 1. The van der Waals surface area contributed by atoms with E-state index in [1.807, 2.05) is 24.3 Å². The Morgan fingerprint density at radius 1 is 1.10 bits per heavy atom. The van der Waals surface area contributed by atoms with Gasteiger partial charge in [0.1, 0.15) is 0 Å². The highest BCUT2D eigenvalue weighted by atomic mass is 35.5. The van der Waals surface area contributed by atoms with E-state index in [0.717, 1.165) is 30.0 Å². The van der Waals surface area contributed by atoms with Crippen LogP contribution in [-0.2, 0) is 12.8 Å². The second-order valence-electron chi connectivity index (χ2n) is 5.57. The molecule has 0 bridgehead atoms. The Balaban J connectivity index is 1.86. The smallest absolute Gasteiger partial charge is 0.0539 e. The molecule has 1 aliphatic carbocycles. The summed E-state index contributed by atoms with van der Waals surface area (Å²) in [7, 11) is 0. The van der Waals surface area contributed by atoms with Crippen molar-refractivity contribution < 1.29 is 0 Å². The summed E-state index contributed by atoms with van der Waals surface area (Å²) in [5.74, 6) is 0. The molecule has 0 fully saturated rings. The molecule has 1 aliphatic rings. The van der Waals surface area contributed by atoms with Gasteiger partial charge in [0.05, 0.1) is 5.54 Å². The van der Waals surface area contributed by atoms with Gasteiger partial charge >= 0.3 is 0 Å². The van der Waals surface area contributed by atoms with Crippen LogP contribution in [0.5, 0.6) is 0 Å². The van der Waals surface area contributed by atoms with Crippen LogP contribution in [0.3, 0.4) is 0 Å². The summed E-state index contributed by atoms with van der Waals surface area (Å²) < 4.78 is 0. The van der Waals surface area contributed by atoms with Gasteiger partial charge in [-0.3, -0.25) is 0 Å². The number of aryl methyl sites for hydroxylation is 1. The zero-order valence-electron chi connectivity index (χ0n) is 11.4. The molecule has 0 spiro atoms. The average molecular weight is 287 g/mol. The van der Waals surface area contributed by atoms with Gasteiger partial charge in [-0.1, -0.05) is 41.9 Å². The second kappa shape index (κ2) is 5.47. The van der Waals surface area contributed by atoms with E-state index in [1.54, 1.807) is 0 Å². The predicted molar refractivity (Wildman–Crippen MR) is 85.3 cm³/mol. The number of nitrogens with one attached hydrogen (secondary N) is 1. The number of hydrogen-bond donors (Lipinski definition) is 2. The zero-order valence-corrected chi connectivity index (χ0v) is 12.2. The lowest BCUT2D eigenvalue weighted by atomic mass is 9.78. The fraction of sp³-hybridized carbons (Fsp3) is 0.294. The molecule has 2 aromatic carbocycles.